The van der Waals surface area contributed by atoms with Crippen LogP contribution in [0.2, 0.25) is 0 Å². The lowest BCUT2D eigenvalue weighted by Gasteiger charge is -2.49. The Morgan fingerprint density at radius 3 is 2.59 bits per heavy atom. The normalized spacial score (nSPS) is 46.6. The third kappa shape index (κ3) is 2.70. The summed E-state index contributed by atoms with van der Waals surface area (Å²) in [6.45, 7) is 6.92. The summed E-state index contributed by atoms with van der Waals surface area (Å²) in [4.78, 5) is 0. The Kier molecular flexibility index (Phi) is 4.18. The SMILES string of the molecule is CCC[C@@H]1[C@H]2CC[C@](O)(CC)C[C@@H]2CC[C@H]1C. The summed E-state index contributed by atoms with van der Waals surface area (Å²) in [5.74, 6) is 3.61. The molecule has 0 aromatic carbocycles. The number of rotatable bonds is 3. The minimum absolute atomic E-state index is 0.321. The molecular weight excluding hydrogens is 208 g/mol. The van der Waals surface area contributed by atoms with Crippen LogP contribution in [0.3, 0.4) is 0 Å². The number of fused-ring (bicyclic) bond motifs is 1. The van der Waals surface area contributed by atoms with Crippen molar-refractivity contribution in [3.8, 4) is 0 Å². The second-order valence-electron chi connectivity index (χ2n) is 6.75. The molecule has 1 N–H and O–H groups in total. The molecule has 2 rings (SSSR count). The van der Waals surface area contributed by atoms with Crippen LogP contribution in [0, 0.1) is 23.7 Å². The second-order valence-corrected chi connectivity index (χ2v) is 6.75. The van der Waals surface area contributed by atoms with Crippen molar-refractivity contribution >= 4 is 0 Å². The predicted octanol–water partition coefficient (Wildman–Crippen LogP) is 4.39. The summed E-state index contributed by atoms with van der Waals surface area (Å²) in [5.41, 5.74) is -0.321. The maximum absolute atomic E-state index is 10.5. The van der Waals surface area contributed by atoms with Gasteiger partial charge in [0.2, 0.25) is 0 Å². The molecule has 0 heterocycles. The number of aliphatic hydroxyl groups is 1. The first-order chi connectivity index (χ1) is 8.09. The van der Waals surface area contributed by atoms with Crippen LogP contribution in [0.15, 0.2) is 0 Å². The van der Waals surface area contributed by atoms with E-state index in [4.69, 9.17) is 0 Å². The van der Waals surface area contributed by atoms with E-state index in [1.807, 2.05) is 0 Å². The van der Waals surface area contributed by atoms with Crippen molar-refractivity contribution in [1.82, 2.24) is 0 Å². The highest BCUT2D eigenvalue weighted by molar-refractivity contribution is 4.95. The van der Waals surface area contributed by atoms with E-state index in [0.717, 1.165) is 42.9 Å². The van der Waals surface area contributed by atoms with Crippen LogP contribution in [0.5, 0.6) is 0 Å². The van der Waals surface area contributed by atoms with E-state index in [1.54, 1.807) is 0 Å². The van der Waals surface area contributed by atoms with E-state index in [-0.39, 0.29) is 5.60 Å². The Morgan fingerprint density at radius 2 is 1.94 bits per heavy atom. The third-order valence-corrected chi connectivity index (χ3v) is 5.74. The number of hydrogen-bond acceptors (Lipinski definition) is 1. The topological polar surface area (TPSA) is 20.2 Å². The van der Waals surface area contributed by atoms with Crippen molar-refractivity contribution in [3.05, 3.63) is 0 Å². The van der Waals surface area contributed by atoms with Crippen molar-refractivity contribution in [2.75, 3.05) is 0 Å². The van der Waals surface area contributed by atoms with Crippen molar-refractivity contribution in [2.45, 2.75) is 77.7 Å². The summed E-state index contributed by atoms with van der Waals surface area (Å²) in [6.07, 6.45) is 9.87. The van der Waals surface area contributed by atoms with E-state index in [2.05, 4.69) is 20.8 Å². The van der Waals surface area contributed by atoms with Gasteiger partial charge >= 0.3 is 0 Å². The Hall–Kier alpha value is -0.0400. The number of hydrogen-bond donors (Lipinski definition) is 1. The van der Waals surface area contributed by atoms with Crippen LogP contribution in [0.4, 0.5) is 0 Å². The van der Waals surface area contributed by atoms with Gasteiger partial charge in [-0.05, 0) is 55.8 Å². The zero-order chi connectivity index (χ0) is 12.5. The van der Waals surface area contributed by atoms with Gasteiger partial charge in [-0.15, -0.1) is 0 Å². The smallest absolute Gasteiger partial charge is 0.0648 e. The Morgan fingerprint density at radius 1 is 1.18 bits per heavy atom. The van der Waals surface area contributed by atoms with E-state index in [1.165, 1.54) is 32.1 Å². The Balaban J connectivity index is 2.05. The summed E-state index contributed by atoms with van der Waals surface area (Å²) < 4.78 is 0. The molecule has 0 aromatic heterocycles. The molecule has 1 nitrogen and oxygen atoms in total. The minimum atomic E-state index is -0.321. The van der Waals surface area contributed by atoms with Gasteiger partial charge in [-0.25, -0.2) is 0 Å². The van der Waals surface area contributed by atoms with Crippen LogP contribution in [-0.4, -0.2) is 10.7 Å². The molecule has 0 unspecified atom stereocenters. The first-order valence-electron chi connectivity index (χ1n) is 7.82. The van der Waals surface area contributed by atoms with Gasteiger partial charge in [0.05, 0.1) is 5.60 Å². The lowest BCUT2D eigenvalue weighted by atomic mass is 9.58. The van der Waals surface area contributed by atoms with Gasteiger partial charge in [-0.3, -0.25) is 0 Å². The highest BCUT2D eigenvalue weighted by atomic mass is 16.3. The summed E-state index contributed by atoms with van der Waals surface area (Å²) in [5, 5.41) is 10.5. The largest absolute Gasteiger partial charge is 0.390 e. The molecule has 2 fully saturated rings. The zero-order valence-electron chi connectivity index (χ0n) is 11.9. The first kappa shape index (κ1) is 13.4. The van der Waals surface area contributed by atoms with Crippen LogP contribution < -0.4 is 0 Å². The maximum atomic E-state index is 10.5. The average Bonchev–Trinajstić information content (AvgIpc) is 2.33. The van der Waals surface area contributed by atoms with Gasteiger partial charge in [0, 0.05) is 0 Å². The highest BCUT2D eigenvalue weighted by Gasteiger charge is 2.44. The fourth-order valence-corrected chi connectivity index (χ4v) is 4.56. The standard InChI is InChI=1S/C16H30O/c1-4-6-14-12(3)7-8-13-11-16(17,5-2)10-9-15(13)14/h12-15,17H,4-11H2,1-3H3/t12-,13+,14+,15+,16-/m1/s1. The summed E-state index contributed by atoms with van der Waals surface area (Å²) in [6, 6.07) is 0. The van der Waals surface area contributed by atoms with Crippen LogP contribution in [-0.2, 0) is 0 Å². The highest BCUT2D eigenvalue weighted by Crippen LogP contribution is 2.50. The summed E-state index contributed by atoms with van der Waals surface area (Å²) >= 11 is 0. The molecule has 0 amide bonds. The molecule has 0 radical (unpaired) electrons. The molecule has 0 bridgehead atoms. The molecule has 5 atom stereocenters. The first-order valence-corrected chi connectivity index (χ1v) is 7.82. The van der Waals surface area contributed by atoms with E-state index >= 15 is 0 Å². The van der Waals surface area contributed by atoms with E-state index in [0.29, 0.717) is 0 Å². The lowest BCUT2D eigenvalue weighted by molar-refractivity contribution is -0.0709. The van der Waals surface area contributed by atoms with E-state index < -0.39 is 0 Å². The van der Waals surface area contributed by atoms with Gasteiger partial charge in [0.1, 0.15) is 0 Å². The van der Waals surface area contributed by atoms with Gasteiger partial charge in [-0.2, -0.15) is 0 Å². The van der Waals surface area contributed by atoms with Gasteiger partial charge in [0.15, 0.2) is 0 Å². The fourth-order valence-electron chi connectivity index (χ4n) is 4.56. The third-order valence-electron chi connectivity index (χ3n) is 5.74. The minimum Gasteiger partial charge on any atom is -0.390 e. The average molecular weight is 238 g/mol. The molecule has 0 spiro atoms. The van der Waals surface area contributed by atoms with Gasteiger partial charge in [-0.1, -0.05) is 40.0 Å². The molecule has 100 valence electrons. The zero-order valence-corrected chi connectivity index (χ0v) is 11.9. The van der Waals surface area contributed by atoms with Crippen LogP contribution in [0.1, 0.15) is 72.1 Å². The van der Waals surface area contributed by atoms with Crippen LogP contribution >= 0.6 is 0 Å². The van der Waals surface area contributed by atoms with Crippen molar-refractivity contribution < 1.29 is 5.11 Å². The van der Waals surface area contributed by atoms with E-state index in [9.17, 15) is 5.11 Å². The molecule has 0 saturated heterocycles. The lowest BCUT2D eigenvalue weighted by Crippen LogP contribution is -2.44. The Bertz CT molecular complexity index is 250. The quantitative estimate of drug-likeness (QED) is 0.773. The summed E-state index contributed by atoms with van der Waals surface area (Å²) in [7, 11) is 0. The molecule has 2 saturated carbocycles. The maximum Gasteiger partial charge on any atom is 0.0648 e. The van der Waals surface area contributed by atoms with Crippen LogP contribution in [0.25, 0.3) is 0 Å². The van der Waals surface area contributed by atoms with Crippen molar-refractivity contribution in [2.24, 2.45) is 23.7 Å². The fraction of sp³-hybridized carbons (Fsp3) is 1.00. The molecule has 17 heavy (non-hydrogen) atoms. The Labute approximate surface area is 107 Å². The van der Waals surface area contributed by atoms with Gasteiger partial charge < -0.3 is 5.11 Å². The molecule has 0 aromatic rings. The monoisotopic (exact) mass is 238 g/mol. The van der Waals surface area contributed by atoms with Gasteiger partial charge in [0.25, 0.3) is 0 Å². The molecular formula is C16H30O. The molecule has 0 aliphatic heterocycles. The molecule has 1 heteroatoms. The van der Waals surface area contributed by atoms with Crippen molar-refractivity contribution in [3.63, 3.8) is 0 Å². The molecule has 2 aliphatic carbocycles. The second kappa shape index (κ2) is 5.30. The molecule has 2 aliphatic rings. The predicted molar refractivity (Wildman–Crippen MR) is 72.9 cm³/mol. The van der Waals surface area contributed by atoms with Crippen molar-refractivity contribution in [1.29, 1.82) is 0 Å².